The molecule has 0 radical (unpaired) electrons. The minimum atomic E-state index is -0.939. The number of hydrogen-bond acceptors (Lipinski definition) is 6. The highest BCUT2D eigenvalue weighted by molar-refractivity contribution is 5.79. The third kappa shape index (κ3) is 2.65. The molecule has 21 heavy (non-hydrogen) atoms. The number of rotatable bonds is 5. The second kappa shape index (κ2) is 5.41. The Labute approximate surface area is 121 Å². The van der Waals surface area contributed by atoms with Gasteiger partial charge in [0.05, 0.1) is 16.5 Å². The fourth-order valence-electron chi connectivity index (χ4n) is 2.31. The first-order valence-electron chi connectivity index (χ1n) is 6.30. The number of aryl methyl sites for hydroxylation is 1. The van der Waals surface area contributed by atoms with Crippen molar-refractivity contribution in [2.24, 2.45) is 16.5 Å². The molecule has 1 aromatic rings. The van der Waals surface area contributed by atoms with E-state index < -0.39 is 16.5 Å². The number of hydrogen-bond donors (Lipinski definition) is 3. The van der Waals surface area contributed by atoms with Crippen LogP contribution in [-0.2, 0) is 5.54 Å². The molecule has 2 heterocycles. The summed E-state index contributed by atoms with van der Waals surface area (Å²) in [5.41, 5.74) is 11.5. The number of nitrogens with two attached hydrogens (primary N) is 2. The van der Waals surface area contributed by atoms with Crippen LogP contribution >= 0.6 is 0 Å². The first kappa shape index (κ1) is 14.8. The molecular formula is C13H16N6O2. The van der Waals surface area contributed by atoms with Crippen molar-refractivity contribution in [2.45, 2.75) is 24.9 Å². The predicted octanol–water partition coefficient (Wildman–Crippen LogP) is 0.787. The summed E-state index contributed by atoms with van der Waals surface area (Å²) in [6, 6.07) is 1.03. The van der Waals surface area contributed by atoms with Crippen molar-refractivity contribution in [2.75, 3.05) is 0 Å². The Hall–Kier alpha value is -2.61. The SMILES string of the molecule is Cc1cc(C2(C(N)CC(=N)N)C=CC=N2)ncc1[N+](=O)[O-]. The summed E-state index contributed by atoms with van der Waals surface area (Å²) in [6.07, 6.45) is 6.46. The van der Waals surface area contributed by atoms with Gasteiger partial charge in [0, 0.05) is 24.2 Å². The van der Waals surface area contributed by atoms with Gasteiger partial charge in [-0.2, -0.15) is 0 Å². The van der Waals surface area contributed by atoms with Gasteiger partial charge in [-0.25, -0.2) is 0 Å². The van der Waals surface area contributed by atoms with E-state index in [9.17, 15) is 10.1 Å². The molecule has 0 amide bonds. The van der Waals surface area contributed by atoms with Crippen molar-refractivity contribution < 1.29 is 4.92 Å². The van der Waals surface area contributed by atoms with Gasteiger partial charge in [-0.15, -0.1) is 0 Å². The van der Waals surface area contributed by atoms with Crippen LogP contribution in [0.5, 0.6) is 0 Å². The molecule has 1 aliphatic heterocycles. The maximum atomic E-state index is 10.9. The summed E-state index contributed by atoms with van der Waals surface area (Å²) >= 11 is 0. The van der Waals surface area contributed by atoms with Crippen LogP contribution < -0.4 is 11.5 Å². The molecule has 0 saturated heterocycles. The van der Waals surface area contributed by atoms with Crippen LogP contribution in [0.2, 0.25) is 0 Å². The minimum absolute atomic E-state index is 0.0454. The van der Waals surface area contributed by atoms with Crippen molar-refractivity contribution in [3.63, 3.8) is 0 Å². The number of nitro groups is 1. The van der Waals surface area contributed by atoms with E-state index in [1.807, 2.05) is 0 Å². The van der Waals surface area contributed by atoms with Gasteiger partial charge in [0.15, 0.2) is 0 Å². The standard InChI is InChI=1S/C13H16N6O2/c1-8-5-11(17-7-9(8)19(20)21)13(3-2-4-18-13)10(14)6-12(15)16/h2-5,7,10H,6,14H2,1H3,(H3,15,16). The third-order valence-electron chi connectivity index (χ3n) is 3.42. The first-order valence-corrected chi connectivity index (χ1v) is 6.30. The molecule has 8 heteroatoms. The Bertz CT molecular complexity index is 640. The van der Waals surface area contributed by atoms with Gasteiger partial charge in [-0.3, -0.25) is 25.5 Å². The van der Waals surface area contributed by atoms with E-state index in [0.29, 0.717) is 11.3 Å². The molecule has 1 aliphatic rings. The molecule has 5 N–H and O–H groups in total. The van der Waals surface area contributed by atoms with E-state index in [1.165, 1.54) is 6.20 Å². The molecule has 1 aromatic heterocycles. The number of aromatic nitrogens is 1. The van der Waals surface area contributed by atoms with Crippen LogP contribution in [-0.4, -0.2) is 28.0 Å². The second-order valence-corrected chi connectivity index (χ2v) is 4.91. The van der Waals surface area contributed by atoms with Crippen molar-refractivity contribution in [1.82, 2.24) is 4.98 Å². The van der Waals surface area contributed by atoms with Gasteiger partial charge in [-0.05, 0) is 25.1 Å². The Morgan fingerprint density at radius 1 is 1.62 bits per heavy atom. The van der Waals surface area contributed by atoms with Gasteiger partial charge in [-0.1, -0.05) is 0 Å². The zero-order valence-corrected chi connectivity index (χ0v) is 11.5. The largest absolute Gasteiger partial charge is 0.388 e. The van der Waals surface area contributed by atoms with Gasteiger partial charge >= 0.3 is 0 Å². The molecule has 0 saturated carbocycles. The van der Waals surface area contributed by atoms with E-state index >= 15 is 0 Å². The quantitative estimate of drug-likeness (QED) is 0.317. The molecule has 0 spiro atoms. The lowest BCUT2D eigenvalue weighted by Crippen LogP contribution is -2.45. The maximum Gasteiger partial charge on any atom is 0.290 e. The second-order valence-electron chi connectivity index (χ2n) is 4.91. The van der Waals surface area contributed by atoms with E-state index in [4.69, 9.17) is 16.9 Å². The summed E-state index contributed by atoms with van der Waals surface area (Å²) in [5.74, 6) is -0.0454. The Morgan fingerprint density at radius 3 is 2.81 bits per heavy atom. The average molecular weight is 288 g/mol. The highest BCUT2D eigenvalue weighted by atomic mass is 16.6. The molecule has 2 unspecified atom stereocenters. The van der Waals surface area contributed by atoms with Crippen molar-refractivity contribution in [3.05, 3.63) is 45.8 Å². The summed E-state index contributed by atoms with van der Waals surface area (Å²) in [5, 5.41) is 18.2. The lowest BCUT2D eigenvalue weighted by atomic mass is 9.85. The van der Waals surface area contributed by atoms with E-state index in [-0.39, 0.29) is 17.9 Å². The zero-order chi connectivity index (χ0) is 15.6. The summed E-state index contributed by atoms with van der Waals surface area (Å²) < 4.78 is 0. The summed E-state index contributed by atoms with van der Waals surface area (Å²) in [7, 11) is 0. The van der Waals surface area contributed by atoms with E-state index in [2.05, 4.69) is 9.98 Å². The third-order valence-corrected chi connectivity index (χ3v) is 3.42. The average Bonchev–Trinajstić information content (AvgIpc) is 2.87. The van der Waals surface area contributed by atoms with Crippen LogP contribution in [0, 0.1) is 22.4 Å². The van der Waals surface area contributed by atoms with Crippen LogP contribution in [0.4, 0.5) is 5.69 Å². The minimum Gasteiger partial charge on any atom is -0.388 e. The van der Waals surface area contributed by atoms with Gasteiger partial charge in [0.2, 0.25) is 0 Å². The highest BCUT2D eigenvalue weighted by Gasteiger charge is 2.39. The van der Waals surface area contributed by atoms with Gasteiger partial charge in [0.1, 0.15) is 11.7 Å². The molecule has 0 fully saturated rings. The fourth-order valence-corrected chi connectivity index (χ4v) is 2.31. The predicted molar refractivity (Wildman–Crippen MR) is 79.4 cm³/mol. The lowest BCUT2D eigenvalue weighted by Gasteiger charge is -2.30. The number of nitrogens with zero attached hydrogens (tertiary/aromatic N) is 3. The molecule has 0 aromatic carbocycles. The molecular weight excluding hydrogens is 272 g/mol. The van der Waals surface area contributed by atoms with E-state index in [1.54, 1.807) is 31.4 Å². The van der Waals surface area contributed by atoms with Gasteiger partial charge < -0.3 is 11.5 Å². The molecule has 0 aliphatic carbocycles. The smallest absolute Gasteiger partial charge is 0.290 e. The number of allylic oxidation sites excluding steroid dienone is 1. The van der Waals surface area contributed by atoms with Crippen LogP contribution in [0.1, 0.15) is 17.7 Å². The van der Waals surface area contributed by atoms with Crippen molar-refractivity contribution in [3.8, 4) is 0 Å². The Kier molecular flexibility index (Phi) is 3.81. The number of pyridine rings is 1. The number of aliphatic imine (C=N–C) groups is 1. The lowest BCUT2D eigenvalue weighted by molar-refractivity contribution is -0.385. The van der Waals surface area contributed by atoms with Crippen LogP contribution in [0.15, 0.2) is 29.4 Å². The molecule has 2 rings (SSSR count). The monoisotopic (exact) mass is 288 g/mol. The van der Waals surface area contributed by atoms with Crippen LogP contribution in [0.3, 0.4) is 0 Å². The zero-order valence-electron chi connectivity index (χ0n) is 11.5. The molecule has 2 atom stereocenters. The molecule has 0 bridgehead atoms. The molecule has 8 nitrogen and oxygen atoms in total. The van der Waals surface area contributed by atoms with E-state index in [0.717, 1.165) is 0 Å². The number of amidine groups is 1. The Balaban J connectivity index is 2.47. The summed E-state index contributed by atoms with van der Waals surface area (Å²) in [6.45, 7) is 1.63. The van der Waals surface area contributed by atoms with Crippen molar-refractivity contribution in [1.29, 1.82) is 5.41 Å². The maximum absolute atomic E-state index is 10.9. The molecule has 110 valence electrons. The van der Waals surface area contributed by atoms with Crippen LogP contribution in [0.25, 0.3) is 0 Å². The normalized spacial score (nSPS) is 21.4. The van der Waals surface area contributed by atoms with Crippen molar-refractivity contribution >= 4 is 17.7 Å². The number of nitrogens with one attached hydrogen (secondary N) is 1. The Morgan fingerprint density at radius 2 is 2.33 bits per heavy atom. The fraction of sp³-hybridized carbons (Fsp3) is 0.308. The summed E-state index contributed by atoms with van der Waals surface area (Å²) in [4.78, 5) is 18.9. The van der Waals surface area contributed by atoms with Gasteiger partial charge in [0.25, 0.3) is 5.69 Å². The highest BCUT2D eigenvalue weighted by Crippen LogP contribution is 2.34. The topological polar surface area (TPSA) is 144 Å². The first-order chi connectivity index (χ1) is 9.86.